The molecule has 0 aliphatic carbocycles. The van der Waals surface area contributed by atoms with E-state index in [0.717, 1.165) is 0 Å². The molecule has 16 heteroatoms. The molecule has 0 saturated carbocycles. The number of carboxylic acid groups (broad SMARTS) is 1. The van der Waals surface area contributed by atoms with Crippen molar-refractivity contribution in [3.63, 3.8) is 0 Å². The van der Waals surface area contributed by atoms with Crippen LogP contribution in [0.15, 0.2) is 0 Å². The molecule has 29 heavy (non-hydrogen) atoms. The van der Waals surface area contributed by atoms with Gasteiger partial charge < -0.3 is 60.5 Å². The predicted octanol–water partition coefficient (Wildman–Crippen LogP) is -6.29. The van der Waals surface area contributed by atoms with Crippen LogP contribution in [0.1, 0.15) is 0 Å². The van der Waals surface area contributed by atoms with E-state index < -0.39 is 80.4 Å². The molecule has 1 aliphatic heterocycles. The van der Waals surface area contributed by atoms with Crippen LogP contribution in [-0.2, 0) is 31.3 Å². The topological polar surface area (TPSA) is 278 Å². The van der Waals surface area contributed by atoms with Crippen molar-refractivity contribution in [2.45, 2.75) is 61.2 Å². The van der Waals surface area contributed by atoms with Crippen molar-refractivity contribution in [3.8, 4) is 0 Å². The summed E-state index contributed by atoms with van der Waals surface area (Å²) in [5.41, 5.74) is 0. The van der Waals surface area contributed by atoms with Gasteiger partial charge in [-0.2, -0.15) is 0 Å². The first kappa shape index (κ1) is 30.7. The molecule has 1 aliphatic rings. The zero-order valence-electron chi connectivity index (χ0n) is 14.6. The molecular formula is C13H26FeO15. The van der Waals surface area contributed by atoms with Gasteiger partial charge in [-0.3, -0.25) is 10.5 Å². The fourth-order valence-electron chi connectivity index (χ4n) is 2.26. The summed E-state index contributed by atoms with van der Waals surface area (Å²) in [6.45, 7) is -1.54. The monoisotopic (exact) mass is 478 g/mol. The van der Waals surface area contributed by atoms with Crippen molar-refractivity contribution in [2.24, 2.45) is 0 Å². The summed E-state index contributed by atoms with van der Waals surface area (Å²) in [6.07, 6.45) is -19.1. The van der Waals surface area contributed by atoms with Crippen LogP contribution in [0.4, 0.5) is 0 Å². The Hall–Kier alpha value is -0.531. The molecule has 0 aromatic carbocycles. The van der Waals surface area contributed by atoms with Gasteiger partial charge in [0.25, 0.3) is 0 Å². The Kier molecular flexibility index (Phi) is 15.3. The van der Waals surface area contributed by atoms with Gasteiger partial charge in [-0.1, -0.05) is 0 Å². The first-order valence-electron chi connectivity index (χ1n) is 7.78. The number of aliphatic carboxylic acids is 1. The minimum Gasteiger partial charge on any atom is -0.479 e. The second-order valence-corrected chi connectivity index (χ2v) is 5.85. The van der Waals surface area contributed by atoms with Crippen LogP contribution in [0.25, 0.3) is 0 Å². The van der Waals surface area contributed by atoms with Crippen molar-refractivity contribution in [1.29, 1.82) is 0 Å². The van der Waals surface area contributed by atoms with E-state index in [1.54, 1.807) is 0 Å². The summed E-state index contributed by atoms with van der Waals surface area (Å²) in [5, 5.41) is 106. The smallest absolute Gasteiger partial charge is 0.335 e. The Labute approximate surface area is 174 Å². The number of carbonyl (C=O) groups is 1. The molecule has 10 atom stereocenters. The first-order chi connectivity index (χ1) is 13.0. The Balaban J connectivity index is 0. The van der Waals surface area contributed by atoms with E-state index in [9.17, 15) is 40.5 Å². The zero-order chi connectivity index (χ0) is 22.2. The Morgan fingerprint density at radius 3 is 1.86 bits per heavy atom. The number of hydrogen-bond donors (Lipinski definition) is 12. The van der Waals surface area contributed by atoms with Crippen LogP contribution in [0.3, 0.4) is 0 Å². The molecular weight excluding hydrogens is 452 g/mol. The third kappa shape index (κ3) is 8.25. The summed E-state index contributed by atoms with van der Waals surface area (Å²) in [6, 6.07) is 0. The molecule has 1 rings (SSSR count). The molecule has 1 fully saturated rings. The zero-order valence-corrected chi connectivity index (χ0v) is 15.7. The van der Waals surface area contributed by atoms with Gasteiger partial charge >= 0.3 is 5.97 Å². The molecule has 0 amide bonds. The molecule has 0 spiro atoms. The number of aliphatic hydroxyl groups excluding tert-OH is 9. The molecule has 1 saturated heterocycles. The van der Waals surface area contributed by atoms with Crippen molar-refractivity contribution in [3.05, 3.63) is 0 Å². The van der Waals surface area contributed by atoms with E-state index in [4.69, 9.17) is 35.3 Å². The maximum atomic E-state index is 10.5. The molecule has 15 nitrogen and oxygen atoms in total. The van der Waals surface area contributed by atoms with Crippen molar-refractivity contribution in [1.82, 2.24) is 0 Å². The fraction of sp³-hybridized carbons (Fsp3) is 0.923. The number of hydrogen-bond acceptors (Lipinski definition) is 14. The van der Waals surface area contributed by atoms with Crippen molar-refractivity contribution >= 4 is 5.97 Å². The molecule has 0 radical (unpaired) electrons. The molecule has 1 heterocycles. The van der Waals surface area contributed by atoms with Crippen LogP contribution >= 0.6 is 0 Å². The molecule has 0 aromatic rings. The van der Waals surface area contributed by atoms with E-state index in [1.165, 1.54) is 0 Å². The van der Waals surface area contributed by atoms with Gasteiger partial charge in [-0.25, -0.2) is 4.79 Å². The first-order valence-corrected chi connectivity index (χ1v) is 7.78. The maximum absolute atomic E-state index is 10.5. The van der Waals surface area contributed by atoms with Gasteiger partial charge in [-0.15, -0.1) is 0 Å². The third-order valence-corrected chi connectivity index (χ3v) is 3.95. The van der Waals surface area contributed by atoms with Crippen LogP contribution < -0.4 is 0 Å². The van der Waals surface area contributed by atoms with E-state index >= 15 is 0 Å². The predicted molar refractivity (Wildman–Crippen MR) is 82.6 cm³/mol. The molecule has 5 unspecified atom stereocenters. The largest absolute Gasteiger partial charge is 0.479 e. The van der Waals surface area contributed by atoms with E-state index in [1.807, 2.05) is 0 Å². The summed E-state index contributed by atoms with van der Waals surface area (Å²) >= 11 is 0. The summed E-state index contributed by atoms with van der Waals surface area (Å²) < 4.78 is 9.91. The molecule has 176 valence electrons. The number of rotatable bonds is 9. The molecule has 0 aromatic heterocycles. The minimum absolute atomic E-state index is 0. The maximum Gasteiger partial charge on any atom is 0.335 e. The minimum atomic E-state index is -2.42. The average molecular weight is 478 g/mol. The second-order valence-electron chi connectivity index (χ2n) is 5.85. The van der Waals surface area contributed by atoms with Crippen molar-refractivity contribution < 1.29 is 92.9 Å². The number of aliphatic hydroxyl groups is 9. The Morgan fingerprint density at radius 2 is 1.41 bits per heavy atom. The summed E-state index contributed by atoms with van der Waals surface area (Å²) in [4.78, 5) is 10.5. The standard InChI is InChI=1S/C13H24O13.Fe.H2O2/c14-1-4-6(17)8(19)11(22)13(26-4)25-2-3(15)5(16)7(18)9(20)10(21)12(23)24;;1-2/h3-11,13-22H,1-2H2,(H,23,24);;1-2H/t3?,4-,5?,6-,7?,8+,9?,10?,11-,13+;;/m1../s1. The molecule has 0 bridgehead atoms. The fourth-order valence-corrected chi connectivity index (χ4v) is 2.26. The van der Waals surface area contributed by atoms with E-state index in [2.05, 4.69) is 0 Å². The van der Waals surface area contributed by atoms with Crippen molar-refractivity contribution in [2.75, 3.05) is 13.2 Å². The quantitative estimate of drug-likeness (QED) is 0.0834. The second kappa shape index (κ2) is 14.5. The van der Waals surface area contributed by atoms with Gasteiger partial charge in [0.2, 0.25) is 0 Å². The van der Waals surface area contributed by atoms with Gasteiger partial charge in [0.15, 0.2) is 12.4 Å². The normalized spacial score (nSPS) is 31.9. The van der Waals surface area contributed by atoms with Gasteiger partial charge in [0, 0.05) is 17.1 Å². The SMILES string of the molecule is O=C(O)C(O)C(O)C(O)C(O)C(O)CO[C@H]1O[C@H](CO)[C@@H](O)[C@H](O)[C@H]1O.OO.[Fe]. The summed E-state index contributed by atoms with van der Waals surface area (Å²) in [5.74, 6) is -1.86. The van der Waals surface area contributed by atoms with Crippen LogP contribution in [0, 0.1) is 0 Å². The van der Waals surface area contributed by atoms with Gasteiger partial charge in [0.05, 0.1) is 13.2 Å². The average Bonchev–Trinajstić information content (AvgIpc) is 2.70. The van der Waals surface area contributed by atoms with Crippen LogP contribution in [-0.4, -0.2) is 142 Å². The summed E-state index contributed by atoms with van der Waals surface area (Å²) in [7, 11) is 0. The van der Waals surface area contributed by atoms with E-state index in [-0.39, 0.29) is 17.1 Å². The number of carboxylic acids is 1. The van der Waals surface area contributed by atoms with E-state index in [0.29, 0.717) is 0 Å². The van der Waals surface area contributed by atoms with Gasteiger partial charge in [0.1, 0.15) is 48.8 Å². The number of ether oxygens (including phenoxy) is 2. The van der Waals surface area contributed by atoms with Crippen LogP contribution in [0.2, 0.25) is 0 Å². The van der Waals surface area contributed by atoms with Gasteiger partial charge in [-0.05, 0) is 0 Å². The third-order valence-electron chi connectivity index (χ3n) is 3.95. The Bertz CT molecular complexity index is 454. The Morgan fingerprint density at radius 1 is 0.897 bits per heavy atom. The van der Waals surface area contributed by atoms with Crippen LogP contribution in [0.5, 0.6) is 0 Å². The molecule has 12 N–H and O–H groups in total.